The third kappa shape index (κ3) is 5.64. The first-order valence-electron chi connectivity index (χ1n) is 15.1. The summed E-state index contributed by atoms with van der Waals surface area (Å²) in [6, 6.07) is 10.5. The molecule has 1 atom stereocenters. The molecule has 3 aliphatic heterocycles. The highest BCUT2D eigenvalue weighted by atomic mass is 32.2. The lowest BCUT2D eigenvalue weighted by Crippen LogP contribution is -2.59. The number of benzene rings is 2. The van der Waals surface area contributed by atoms with Gasteiger partial charge in [0.1, 0.15) is 17.6 Å². The van der Waals surface area contributed by atoms with Crippen LogP contribution in [0.4, 0.5) is 13.6 Å². The van der Waals surface area contributed by atoms with Crippen LogP contribution in [-0.4, -0.2) is 67.6 Å². The molecule has 3 aromatic rings. The Bertz CT molecular complexity index is 1760. The number of aromatic nitrogens is 1. The van der Waals surface area contributed by atoms with Gasteiger partial charge >= 0.3 is 6.16 Å². The number of ether oxygens (including phenoxy) is 4. The van der Waals surface area contributed by atoms with Crippen LogP contribution in [0.1, 0.15) is 52.9 Å². The molecule has 1 N–H and O–H groups in total. The summed E-state index contributed by atoms with van der Waals surface area (Å²) in [5.74, 6) is -2.10. The van der Waals surface area contributed by atoms with Gasteiger partial charge in [-0.2, -0.15) is 0 Å². The Morgan fingerprint density at radius 1 is 1.17 bits per heavy atom. The molecule has 46 heavy (non-hydrogen) atoms. The summed E-state index contributed by atoms with van der Waals surface area (Å²) >= 11 is 1.45. The van der Waals surface area contributed by atoms with Gasteiger partial charge in [0, 0.05) is 28.3 Å². The highest BCUT2D eigenvalue weighted by molar-refractivity contribution is 7.98. The lowest BCUT2D eigenvalue weighted by molar-refractivity contribution is -0.00509. The number of carbonyl (C=O) groups excluding carboxylic acids is 2. The third-order valence-electron chi connectivity index (χ3n) is 8.63. The van der Waals surface area contributed by atoms with E-state index in [-0.39, 0.29) is 40.8 Å². The number of thioether (sulfide) groups is 1. The fraction of sp³-hybridized carbons (Fsp3) is 0.406. The number of halogens is 2. The SMILES string of the molecule is COC(=O)OCOc1c2n(c(-c3cc(F)c(F)c4c3Cc3ccccc3SC4)c/c1=N\OC1CCCC1)N[C@@H]1COCCN1C2=O. The highest BCUT2D eigenvalue weighted by Crippen LogP contribution is 2.41. The van der Waals surface area contributed by atoms with E-state index >= 15 is 8.78 Å². The van der Waals surface area contributed by atoms with Gasteiger partial charge < -0.3 is 34.1 Å². The first kappa shape index (κ1) is 30.4. The fourth-order valence-electron chi connectivity index (χ4n) is 6.33. The average Bonchev–Trinajstić information content (AvgIpc) is 3.52. The quantitative estimate of drug-likeness (QED) is 0.226. The molecule has 1 aromatic heterocycles. The lowest BCUT2D eigenvalue weighted by Gasteiger charge is -2.42. The molecule has 4 aliphatic rings. The molecule has 2 aromatic carbocycles. The second kappa shape index (κ2) is 12.8. The van der Waals surface area contributed by atoms with E-state index in [1.165, 1.54) is 23.5 Å². The summed E-state index contributed by atoms with van der Waals surface area (Å²) < 4.78 is 53.6. The zero-order chi connectivity index (χ0) is 31.8. The number of hydrogen-bond donors (Lipinski definition) is 1. The van der Waals surface area contributed by atoms with E-state index in [0.29, 0.717) is 36.4 Å². The molecule has 0 radical (unpaired) electrons. The molecule has 1 aliphatic carbocycles. The molecule has 0 bridgehead atoms. The number of fused-ring (bicyclic) bond motifs is 4. The van der Waals surface area contributed by atoms with Crippen LogP contribution in [0, 0.1) is 11.6 Å². The van der Waals surface area contributed by atoms with Crippen LogP contribution in [0.2, 0.25) is 0 Å². The summed E-state index contributed by atoms with van der Waals surface area (Å²) in [6.45, 7) is 0.259. The Hall–Kier alpha value is -4.30. The number of hydrogen-bond acceptors (Lipinski definition) is 10. The molecule has 2 fully saturated rings. The van der Waals surface area contributed by atoms with Crippen LogP contribution >= 0.6 is 11.8 Å². The number of morpholine rings is 1. The van der Waals surface area contributed by atoms with Gasteiger partial charge in [0.15, 0.2) is 23.1 Å². The highest BCUT2D eigenvalue weighted by Gasteiger charge is 2.39. The van der Waals surface area contributed by atoms with E-state index in [4.69, 9.17) is 19.0 Å². The molecule has 1 saturated carbocycles. The van der Waals surface area contributed by atoms with Gasteiger partial charge in [0.2, 0.25) is 6.79 Å². The Balaban J connectivity index is 1.45. The second-order valence-electron chi connectivity index (χ2n) is 11.4. The van der Waals surface area contributed by atoms with Crippen molar-refractivity contribution in [2.45, 2.75) is 55.0 Å². The number of nitrogens with one attached hydrogen (secondary N) is 1. The zero-order valence-electron chi connectivity index (χ0n) is 25.1. The third-order valence-corrected chi connectivity index (χ3v) is 9.77. The number of pyridine rings is 1. The Labute approximate surface area is 267 Å². The topological polar surface area (TPSA) is 113 Å². The first-order chi connectivity index (χ1) is 22.4. The molecule has 7 rings (SSSR count). The van der Waals surface area contributed by atoms with Gasteiger partial charge in [-0.25, -0.2) is 18.3 Å². The van der Waals surface area contributed by atoms with Crippen molar-refractivity contribution in [3.63, 3.8) is 0 Å². The van der Waals surface area contributed by atoms with Crippen molar-refractivity contribution in [1.29, 1.82) is 0 Å². The fourth-order valence-corrected chi connectivity index (χ4v) is 7.43. The number of amides is 1. The molecular formula is C32H32F2N4O7S. The maximum Gasteiger partial charge on any atom is 0.510 e. The summed E-state index contributed by atoms with van der Waals surface area (Å²) in [5.41, 5.74) is 5.91. The standard InChI is InChI=1S/C32H32F2N4O7S/c1-41-32(40)44-17-43-30-24(36-45-19-7-3-4-8-19)14-25(38-29(30)31(39)37-10-11-42-15-27(37)35-38)21-13-23(33)28(34)22-16-46-26-9-5-2-6-18(26)12-20(21)22/h2,5-6,9,13-14,19,27,35H,3-4,7-8,10-12,15-17H2,1H3/b36-24+/t27-/m0/s1. The zero-order valence-corrected chi connectivity index (χ0v) is 25.9. The van der Waals surface area contributed by atoms with E-state index in [1.54, 1.807) is 11.0 Å². The predicted octanol–water partition coefficient (Wildman–Crippen LogP) is 4.88. The van der Waals surface area contributed by atoms with Crippen molar-refractivity contribution < 1.29 is 42.2 Å². The van der Waals surface area contributed by atoms with E-state index in [1.807, 2.05) is 24.3 Å². The minimum atomic E-state index is -1.01. The molecule has 1 saturated heterocycles. The molecular weight excluding hydrogens is 622 g/mol. The molecule has 0 spiro atoms. The maximum atomic E-state index is 15.5. The smallest absolute Gasteiger partial charge is 0.452 e. The summed E-state index contributed by atoms with van der Waals surface area (Å²) in [7, 11) is 1.17. The number of carbonyl (C=O) groups is 2. The van der Waals surface area contributed by atoms with Gasteiger partial charge in [0.05, 0.1) is 26.0 Å². The van der Waals surface area contributed by atoms with Gasteiger partial charge in [0.25, 0.3) is 5.91 Å². The summed E-state index contributed by atoms with van der Waals surface area (Å²) in [6.07, 6.45) is 2.34. The molecule has 1 amide bonds. The van der Waals surface area contributed by atoms with Crippen LogP contribution in [0.15, 0.2) is 46.4 Å². The largest absolute Gasteiger partial charge is 0.510 e. The molecule has 242 valence electrons. The van der Waals surface area contributed by atoms with Gasteiger partial charge in [-0.15, -0.1) is 11.8 Å². The van der Waals surface area contributed by atoms with E-state index < -0.39 is 36.7 Å². The predicted molar refractivity (Wildman–Crippen MR) is 161 cm³/mol. The Morgan fingerprint density at radius 2 is 2.00 bits per heavy atom. The molecule has 4 heterocycles. The van der Waals surface area contributed by atoms with Gasteiger partial charge in [-0.05, 0) is 61.4 Å². The van der Waals surface area contributed by atoms with Crippen molar-refractivity contribution in [2.75, 3.05) is 39.1 Å². The molecule has 14 heteroatoms. The maximum absolute atomic E-state index is 15.5. The van der Waals surface area contributed by atoms with Gasteiger partial charge in [-0.1, -0.05) is 23.4 Å². The van der Waals surface area contributed by atoms with Crippen LogP contribution in [0.3, 0.4) is 0 Å². The molecule has 11 nitrogen and oxygen atoms in total. The van der Waals surface area contributed by atoms with E-state index in [9.17, 15) is 9.59 Å². The Kier molecular flexibility index (Phi) is 8.47. The van der Waals surface area contributed by atoms with Crippen LogP contribution in [0.5, 0.6) is 5.75 Å². The van der Waals surface area contributed by atoms with Crippen molar-refractivity contribution in [3.8, 4) is 17.0 Å². The summed E-state index contributed by atoms with van der Waals surface area (Å²) in [4.78, 5) is 34.5. The van der Waals surface area contributed by atoms with Crippen LogP contribution < -0.4 is 15.5 Å². The van der Waals surface area contributed by atoms with Crippen LogP contribution in [-0.2, 0) is 31.2 Å². The second-order valence-corrected chi connectivity index (χ2v) is 12.4. The lowest BCUT2D eigenvalue weighted by atomic mass is 9.92. The van der Waals surface area contributed by atoms with Crippen LogP contribution in [0.25, 0.3) is 11.3 Å². The minimum absolute atomic E-state index is 0.0114. The first-order valence-corrected chi connectivity index (χ1v) is 16.1. The van der Waals surface area contributed by atoms with Crippen molar-refractivity contribution in [1.82, 2.24) is 9.58 Å². The Morgan fingerprint density at radius 3 is 2.83 bits per heavy atom. The van der Waals surface area contributed by atoms with Gasteiger partial charge in [-0.3, -0.25) is 4.79 Å². The number of nitrogens with zero attached hydrogens (tertiary/aromatic N) is 3. The number of methoxy groups -OCH3 is 1. The van der Waals surface area contributed by atoms with E-state index in [2.05, 4.69) is 15.3 Å². The normalized spacial score (nSPS) is 19.3. The summed E-state index contributed by atoms with van der Waals surface area (Å²) in [5, 5.41) is 4.57. The monoisotopic (exact) mass is 654 g/mol. The number of rotatable bonds is 6. The minimum Gasteiger partial charge on any atom is -0.452 e. The molecule has 0 unspecified atom stereocenters. The van der Waals surface area contributed by atoms with Crippen molar-refractivity contribution >= 4 is 23.8 Å². The van der Waals surface area contributed by atoms with E-state index in [0.717, 1.165) is 42.2 Å². The van der Waals surface area contributed by atoms with Crippen molar-refractivity contribution in [2.24, 2.45) is 5.16 Å². The van der Waals surface area contributed by atoms with Crippen molar-refractivity contribution in [3.05, 3.63) is 75.8 Å². The average molecular weight is 655 g/mol.